The Hall–Kier alpha value is -2.16. The molecule has 0 saturated heterocycles. The SMILES string of the molecule is Cc1cc(-c2cc3c(cn2)CCCC3)cc(C)c1NC(=O)CC(C)(C)C. The van der Waals surface area contributed by atoms with Gasteiger partial charge in [0.1, 0.15) is 0 Å². The van der Waals surface area contributed by atoms with Gasteiger partial charge in [-0.05, 0) is 85.4 Å². The molecule has 1 aromatic carbocycles. The molecule has 1 N–H and O–H groups in total. The highest BCUT2D eigenvalue weighted by Crippen LogP contribution is 2.31. The van der Waals surface area contributed by atoms with Crippen LogP contribution in [0.25, 0.3) is 11.3 Å². The molecular formula is C23H30N2O. The second-order valence-corrected chi connectivity index (χ2v) is 8.82. The van der Waals surface area contributed by atoms with E-state index < -0.39 is 0 Å². The molecule has 3 rings (SSSR count). The van der Waals surface area contributed by atoms with E-state index in [1.165, 1.54) is 24.0 Å². The van der Waals surface area contributed by atoms with Crippen LogP contribution in [0.4, 0.5) is 5.69 Å². The first-order chi connectivity index (χ1) is 12.2. The van der Waals surface area contributed by atoms with E-state index in [0.717, 1.165) is 40.9 Å². The van der Waals surface area contributed by atoms with E-state index in [2.05, 4.69) is 58.1 Å². The van der Waals surface area contributed by atoms with Gasteiger partial charge in [0.05, 0.1) is 5.69 Å². The molecule has 0 unspecified atom stereocenters. The van der Waals surface area contributed by atoms with Crippen molar-refractivity contribution in [2.24, 2.45) is 5.41 Å². The Kier molecular flexibility index (Phi) is 5.17. The number of amides is 1. The van der Waals surface area contributed by atoms with Crippen LogP contribution in [0.1, 0.15) is 62.3 Å². The van der Waals surface area contributed by atoms with E-state index in [-0.39, 0.29) is 11.3 Å². The van der Waals surface area contributed by atoms with Crippen molar-refractivity contribution in [1.29, 1.82) is 0 Å². The lowest BCUT2D eigenvalue weighted by Crippen LogP contribution is -2.20. The molecule has 0 atom stereocenters. The number of benzene rings is 1. The summed E-state index contributed by atoms with van der Waals surface area (Å²) >= 11 is 0. The van der Waals surface area contributed by atoms with Crippen molar-refractivity contribution in [3.05, 3.63) is 46.6 Å². The second-order valence-electron chi connectivity index (χ2n) is 8.82. The van der Waals surface area contributed by atoms with Gasteiger partial charge in [-0.15, -0.1) is 0 Å². The monoisotopic (exact) mass is 350 g/mol. The maximum atomic E-state index is 12.3. The average molecular weight is 351 g/mol. The van der Waals surface area contributed by atoms with E-state index in [4.69, 9.17) is 4.98 Å². The Morgan fingerprint density at radius 1 is 1.04 bits per heavy atom. The number of hydrogen-bond acceptors (Lipinski definition) is 2. The number of nitrogens with zero attached hydrogens (tertiary/aromatic N) is 1. The normalized spacial score (nSPS) is 14.0. The van der Waals surface area contributed by atoms with Crippen LogP contribution in [0, 0.1) is 19.3 Å². The smallest absolute Gasteiger partial charge is 0.224 e. The number of pyridine rings is 1. The third kappa shape index (κ3) is 4.32. The van der Waals surface area contributed by atoms with E-state index in [0.29, 0.717) is 6.42 Å². The molecule has 1 amide bonds. The molecule has 3 heteroatoms. The summed E-state index contributed by atoms with van der Waals surface area (Å²) < 4.78 is 0. The predicted molar refractivity (Wildman–Crippen MR) is 108 cm³/mol. The Labute approximate surface area is 157 Å². The summed E-state index contributed by atoms with van der Waals surface area (Å²) in [6.45, 7) is 10.4. The zero-order valence-corrected chi connectivity index (χ0v) is 16.7. The number of nitrogens with one attached hydrogen (secondary N) is 1. The fourth-order valence-electron chi connectivity index (χ4n) is 3.75. The van der Waals surface area contributed by atoms with E-state index >= 15 is 0 Å². The van der Waals surface area contributed by atoms with Gasteiger partial charge in [0, 0.05) is 23.9 Å². The Balaban J connectivity index is 1.86. The first kappa shape index (κ1) is 18.6. The highest BCUT2D eigenvalue weighted by Gasteiger charge is 2.18. The summed E-state index contributed by atoms with van der Waals surface area (Å²) in [5.41, 5.74) is 8.09. The molecule has 0 aliphatic heterocycles. The number of fused-ring (bicyclic) bond motifs is 1. The Morgan fingerprint density at radius 3 is 2.27 bits per heavy atom. The first-order valence-electron chi connectivity index (χ1n) is 9.62. The lowest BCUT2D eigenvalue weighted by Gasteiger charge is -2.20. The molecule has 26 heavy (non-hydrogen) atoms. The Morgan fingerprint density at radius 2 is 1.65 bits per heavy atom. The van der Waals surface area contributed by atoms with Crippen molar-refractivity contribution in [3.8, 4) is 11.3 Å². The number of aryl methyl sites for hydroxylation is 4. The minimum atomic E-state index is -0.0150. The molecule has 0 fully saturated rings. The molecular weight excluding hydrogens is 320 g/mol. The van der Waals surface area contributed by atoms with Gasteiger partial charge in [0.25, 0.3) is 0 Å². The van der Waals surface area contributed by atoms with Crippen LogP contribution in [-0.2, 0) is 17.6 Å². The fraction of sp³-hybridized carbons (Fsp3) is 0.478. The quantitative estimate of drug-likeness (QED) is 0.780. The van der Waals surface area contributed by atoms with E-state index in [1.807, 2.05) is 6.20 Å². The van der Waals surface area contributed by atoms with Crippen LogP contribution in [0.15, 0.2) is 24.4 Å². The molecule has 0 bridgehead atoms. The zero-order valence-electron chi connectivity index (χ0n) is 16.7. The highest BCUT2D eigenvalue weighted by molar-refractivity contribution is 5.93. The van der Waals surface area contributed by atoms with Gasteiger partial charge < -0.3 is 5.32 Å². The van der Waals surface area contributed by atoms with Crippen molar-refractivity contribution in [2.45, 2.75) is 66.7 Å². The third-order valence-corrected chi connectivity index (χ3v) is 5.01. The summed E-state index contributed by atoms with van der Waals surface area (Å²) in [5.74, 6) is 0.0726. The van der Waals surface area contributed by atoms with Crippen LogP contribution in [0.2, 0.25) is 0 Å². The molecule has 0 saturated carbocycles. The van der Waals surface area contributed by atoms with Crippen LogP contribution in [-0.4, -0.2) is 10.9 Å². The maximum absolute atomic E-state index is 12.3. The molecule has 138 valence electrons. The molecule has 0 radical (unpaired) electrons. The van der Waals surface area contributed by atoms with E-state index in [1.54, 1.807) is 0 Å². The summed E-state index contributed by atoms with van der Waals surface area (Å²) in [7, 11) is 0. The van der Waals surface area contributed by atoms with E-state index in [9.17, 15) is 4.79 Å². The van der Waals surface area contributed by atoms with Gasteiger partial charge in [-0.1, -0.05) is 20.8 Å². The minimum Gasteiger partial charge on any atom is -0.326 e. The number of anilines is 1. The lowest BCUT2D eigenvalue weighted by molar-refractivity contribution is -0.117. The average Bonchev–Trinajstić information content (AvgIpc) is 2.56. The summed E-state index contributed by atoms with van der Waals surface area (Å²) in [6, 6.07) is 6.52. The van der Waals surface area contributed by atoms with Gasteiger partial charge in [-0.25, -0.2) is 0 Å². The summed E-state index contributed by atoms with van der Waals surface area (Å²) in [5, 5.41) is 3.10. The van der Waals surface area contributed by atoms with Gasteiger partial charge >= 0.3 is 0 Å². The summed E-state index contributed by atoms with van der Waals surface area (Å²) in [6.07, 6.45) is 7.42. The maximum Gasteiger partial charge on any atom is 0.224 e. The first-order valence-corrected chi connectivity index (χ1v) is 9.62. The fourth-order valence-corrected chi connectivity index (χ4v) is 3.75. The Bertz CT molecular complexity index is 808. The second kappa shape index (κ2) is 7.22. The minimum absolute atomic E-state index is 0.0150. The summed E-state index contributed by atoms with van der Waals surface area (Å²) in [4.78, 5) is 17.0. The molecule has 2 aromatic rings. The van der Waals surface area contributed by atoms with Gasteiger partial charge in [-0.2, -0.15) is 0 Å². The number of rotatable bonds is 3. The topological polar surface area (TPSA) is 42.0 Å². The van der Waals surface area contributed by atoms with Crippen LogP contribution in [0.3, 0.4) is 0 Å². The zero-order chi connectivity index (χ0) is 18.9. The van der Waals surface area contributed by atoms with Crippen molar-refractivity contribution in [1.82, 2.24) is 4.98 Å². The molecule has 0 spiro atoms. The molecule has 1 aromatic heterocycles. The molecule has 1 aliphatic rings. The van der Waals surface area contributed by atoms with Crippen LogP contribution < -0.4 is 5.32 Å². The van der Waals surface area contributed by atoms with Gasteiger partial charge in [0.2, 0.25) is 5.91 Å². The largest absolute Gasteiger partial charge is 0.326 e. The number of carbonyl (C=O) groups excluding carboxylic acids is 1. The molecule has 1 heterocycles. The lowest BCUT2D eigenvalue weighted by atomic mass is 9.91. The molecule has 1 aliphatic carbocycles. The van der Waals surface area contributed by atoms with Crippen molar-refractivity contribution in [3.63, 3.8) is 0 Å². The predicted octanol–water partition coefficient (Wildman–Crippen LogP) is 5.62. The standard InChI is InChI=1S/C23H30N2O/c1-15-10-19(20-12-17-8-6-7-9-18(17)14-24-20)11-16(2)22(15)25-21(26)13-23(3,4)5/h10-12,14H,6-9,13H2,1-5H3,(H,25,26). The third-order valence-electron chi connectivity index (χ3n) is 5.01. The number of carbonyl (C=O) groups is 1. The van der Waals surface area contributed by atoms with Crippen molar-refractivity contribution < 1.29 is 4.79 Å². The van der Waals surface area contributed by atoms with Crippen molar-refractivity contribution in [2.75, 3.05) is 5.32 Å². The van der Waals surface area contributed by atoms with Gasteiger partial charge in [-0.3, -0.25) is 9.78 Å². The number of aromatic nitrogens is 1. The van der Waals surface area contributed by atoms with Crippen molar-refractivity contribution >= 4 is 11.6 Å². The van der Waals surface area contributed by atoms with Gasteiger partial charge in [0.15, 0.2) is 0 Å². The van der Waals surface area contributed by atoms with Crippen LogP contribution in [0.5, 0.6) is 0 Å². The van der Waals surface area contributed by atoms with Crippen LogP contribution >= 0.6 is 0 Å². The molecule has 3 nitrogen and oxygen atoms in total. The number of hydrogen-bond donors (Lipinski definition) is 1. The highest BCUT2D eigenvalue weighted by atomic mass is 16.1.